The molecule has 0 saturated carbocycles. The van der Waals surface area contributed by atoms with Gasteiger partial charge in [-0.15, -0.1) is 0 Å². The minimum atomic E-state index is -4.48. The molecule has 0 spiro atoms. The fourth-order valence-electron chi connectivity index (χ4n) is 1.54. The van der Waals surface area contributed by atoms with E-state index >= 15 is 0 Å². The van der Waals surface area contributed by atoms with Crippen molar-refractivity contribution < 1.29 is 22.7 Å². The topological polar surface area (TPSA) is 38.3 Å². The smallest absolute Gasteiger partial charge is 0.416 e. The number of hydrogen-bond donors (Lipinski definition) is 1. The molecular formula is C10H7ClF3NO2. The number of carbonyl (C=O) groups is 1. The lowest BCUT2D eigenvalue weighted by atomic mass is 10.1. The van der Waals surface area contributed by atoms with Crippen molar-refractivity contribution in [3.63, 3.8) is 0 Å². The maximum Gasteiger partial charge on any atom is 0.416 e. The summed E-state index contributed by atoms with van der Waals surface area (Å²) in [6.07, 6.45) is -5.86. The van der Waals surface area contributed by atoms with Crippen LogP contribution in [0.1, 0.15) is 17.2 Å². The molecule has 3 nitrogen and oxygen atoms in total. The van der Waals surface area contributed by atoms with Gasteiger partial charge in [0.2, 0.25) is 0 Å². The molecule has 2 rings (SSSR count). The highest BCUT2D eigenvalue weighted by atomic mass is 35.5. The summed E-state index contributed by atoms with van der Waals surface area (Å²) in [5.74, 6) is 0. The fraction of sp³-hybridized carbons (Fsp3) is 0.300. The third kappa shape index (κ3) is 2.63. The van der Waals surface area contributed by atoms with Crippen molar-refractivity contribution in [1.29, 1.82) is 0 Å². The summed E-state index contributed by atoms with van der Waals surface area (Å²) in [5.41, 5.74) is -0.633. The molecule has 7 heteroatoms. The van der Waals surface area contributed by atoms with Crippen molar-refractivity contribution >= 4 is 17.7 Å². The highest BCUT2D eigenvalue weighted by molar-refractivity contribution is 6.30. The summed E-state index contributed by atoms with van der Waals surface area (Å²) in [5, 5.41) is 2.32. The first-order valence-corrected chi connectivity index (χ1v) is 5.06. The number of nitrogens with one attached hydrogen (secondary N) is 1. The fourth-order valence-corrected chi connectivity index (χ4v) is 1.78. The first-order chi connectivity index (χ1) is 7.86. The minimum absolute atomic E-state index is 0.0437. The van der Waals surface area contributed by atoms with Gasteiger partial charge in [0.1, 0.15) is 6.10 Å². The molecule has 17 heavy (non-hydrogen) atoms. The number of benzene rings is 1. The number of amides is 1. The van der Waals surface area contributed by atoms with Crippen molar-refractivity contribution in [2.75, 3.05) is 6.54 Å². The zero-order chi connectivity index (χ0) is 12.6. The molecule has 1 aliphatic rings. The van der Waals surface area contributed by atoms with Gasteiger partial charge in [0, 0.05) is 5.02 Å². The molecule has 1 atom stereocenters. The normalized spacial score (nSPS) is 20.0. The number of alkyl carbamates (subject to hydrolysis) is 1. The molecule has 0 radical (unpaired) electrons. The van der Waals surface area contributed by atoms with Crippen LogP contribution in [0.3, 0.4) is 0 Å². The second-order valence-electron chi connectivity index (χ2n) is 3.55. The second-order valence-corrected chi connectivity index (χ2v) is 3.98. The Morgan fingerprint density at radius 3 is 2.59 bits per heavy atom. The van der Waals surface area contributed by atoms with Crippen LogP contribution in [-0.4, -0.2) is 12.6 Å². The Morgan fingerprint density at radius 1 is 1.35 bits per heavy atom. The molecule has 0 aliphatic carbocycles. The summed E-state index contributed by atoms with van der Waals surface area (Å²) in [6.45, 7) is 0.135. The second kappa shape index (κ2) is 4.10. The van der Waals surface area contributed by atoms with Crippen LogP contribution in [0.25, 0.3) is 0 Å². The van der Waals surface area contributed by atoms with Gasteiger partial charge in [-0.2, -0.15) is 13.2 Å². The Hall–Kier alpha value is -1.43. The van der Waals surface area contributed by atoms with E-state index in [0.717, 1.165) is 12.1 Å². The van der Waals surface area contributed by atoms with Crippen molar-refractivity contribution in [2.24, 2.45) is 0 Å². The van der Waals surface area contributed by atoms with Crippen LogP contribution >= 0.6 is 11.6 Å². The van der Waals surface area contributed by atoms with Gasteiger partial charge in [-0.05, 0) is 23.8 Å². The lowest BCUT2D eigenvalue weighted by Crippen LogP contribution is -2.12. The molecule has 92 valence electrons. The average molecular weight is 266 g/mol. The van der Waals surface area contributed by atoms with Gasteiger partial charge in [-0.1, -0.05) is 11.6 Å². The van der Waals surface area contributed by atoms with Gasteiger partial charge < -0.3 is 10.1 Å². The first kappa shape index (κ1) is 12.0. The SMILES string of the molecule is O=C1NCC(c2cc(Cl)cc(C(F)(F)F)c2)O1. The Labute approximate surface area is 99.5 Å². The summed E-state index contributed by atoms with van der Waals surface area (Å²) < 4.78 is 42.4. The van der Waals surface area contributed by atoms with E-state index in [9.17, 15) is 18.0 Å². The zero-order valence-electron chi connectivity index (χ0n) is 8.34. The molecule has 1 aromatic carbocycles. The number of ether oxygens (including phenoxy) is 1. The number of halogens is 4. The van der Waals surface area contributed by atoms with Crippen LogP contribution < -0.4 is 5.32 Å². The monoisotopic (exact) mass is 265 g/mol. The molecule has 1 unspecified atom stereocenters. The first-order valence-electron chi connectivity index (χ1n) is 4.68. The molecule has 0 aromatic heterocycles. The average Bonchev–Trinajstić information content (AvgIpc) is 2.62. The molecule has 1 saturated heterocycles. The number of rotatable bonds is 1. The van der Waals surface area contributed by atoms with E-state index in [-0.39, 0.29) is 17.1 Å². The van der Waals surface area contributed by atoms with Crippen molar-refractivity contribution in [2.45, 2.75) is 12.3 Å². The third-order valence-corrected chi connectivity index (χ3v) is 2.52. The van der Waals surface area contributed by atoms with E-state index in [2.05, 4.69) is 5.32 Å². The summed E-state index contributed by atoms with van der Waals surface area (Å²) >= 11 is 5.61. The summed E-state index contributed by atoms with van der Waals surface area (Å²) in [7, 11) is 0. The summed E-state index contributed by atoms with van der Waals surface area (Å²) in [4.78, 5) is 10.8. The van der Waals surface area contributed by atoms with Crippen molar-refractivity contribution in [3.05, 3.63) is 34.3 Å². The Bertz CT molecular complexity index is 461. The van der Waals surface area contributed by atoms with Crippen LogP contribution in [-0.2, 0) is 10.9 Å². The van der Waals surface area contributed by atoms with Gasteiger partial charge in [0.15, 0.2) is 0 Å². The molecule has 1 heterocycles. The molecule has 1 N–H and O–H groups in total. The van der Waals surface area contributed by atoms with E-state index in [1.54, 1.807) is 0 Å². The Kier molecular flexibility index (Phi) is 2.91. The standard InChI is InChI=1S/C10H7ClF3NO2/c11-7-2-5(8-4-15-9(16)17-8)1-6(3-7)10(12,13)14/h1-3,8H,4H2,(H,15,16). The molecule has 1 fully saturated rings. The number of cyclic esters (lactones) is 1. The van der Waals surface area contributed by atoms with E-state index in [0.29, 0.717) is 0 Å². The molecule has 1 amide bonds. The maximum absolute atomic E-state index is 12.5. The number of alkyl halides is 3. The lowest BCUT2D eigenvalue weighted by molar-refractivity contribution is -0.137. The van der Waals surface area contributed by atoms with E-state index in [1.165, 1.54) is 6.07 Å². The van der Waals surface area contributed by atoms with E-state index in [1.807, 2.05) is 0 Å². The van der Waals surface area contributed by atoms with Gasteiger partial charge in [-0.3, -0.25) is 0 Å². The van der Waals surface area contributed by atoms with Gasteiger partial charge in [-0.25, -0.2) is 4.79 Å². The molecule has 1 aliphatic heterocycles. The van der Waals surface area contributed by atoms with Crippen molar-refractivity contribution in [1.82, 2.24) is 5.32 Å². The highest BCUT2D eigenvalue weighted by Gasteiger charge is 2.33. The van der Waals surface area contributed by atoms with Crippen molar-refractivity contribution in [3.8, 4) is 0 Å². The third-order valence-electron chi connectivity index (χ3n) is 2.30. The van der Waals surface area contributed by atoms with Crippen LogP contribution in [0.2, 0.25) is 5.02 Å². The van der Waals surface area contributed by atoms with Crippen LogP contribution in [0, 0.1) is 0 Å². The quantitative estimate of drug-likeness (QED) is 0.847. The lowest BCUT2D eigenvalue weighted by Gasteiger charge is -2.12. The highest BCUT2D eigenvalue weighted by Crippen LogP contribution is 2.34. The minimum Gasteiger partial charge on any atom is -0.439 e. The number of hydrogen-bond acceptors (Lipinski definition) is 2. The van der Waals surface area contributed by atoms with Crippen LogP contribution in [0.4, 0.5) is 18.0 Å². The zero-order valence-corrected chi connectivity index (χ0v) is 9.10. The van der Waals surface area contributed by atoms with Gasteiger partial charge in [0.05, 0.1) is 12.1 Å². The van der Waals surface area contributed by atoms with Gasteiger partial charge >= 0.3 is 12.3 Å². The van der Waals surface area contributed by atoms with Crippen LogP contribution in [0.5, 0.6) is 0 Å². The maximum atomic E-state index is 12.5. The van der Waals surface area contributed by atoms with Crippen LogP contribution in [0.15, 0.2) is 18.2 Å². The molecular weight excluding hydrogens is 259 g/mol. The van der Waals surface area contributed by atoms with E-state index in [4.69, 9.17) is 16.3 Å². The van der Waals surface area contributed by atoms with E-state index < -0.39 is 23.9 Å². The predicted molar refractivity (Wildman–Crippen MR) is 53.7 cm³/mol. The van der Waals surface area contributed by atoms with Gasteiger partial charge in [0.25, 0.3) is 0 Å². The summed E-state index contributed by atoms with van der Waals surface area (Å²) in [6, 6.07) is 3.10. The Morgan fingerprint density at radius 2 is 2.06 bits per heavy atom. The predicted octanol–water partition coefficient (Wildman–Crippen LogP) is 3.14. The number of carbonyl (C=O) groups excluding carboxylic acids is 1. The Balaban J connectivity index is 2.35. The molecule has 1 aromatic rings. The largest absolute Gasteiger partial charge is 0.439 e. The molecule has 0 bridgehead atoms.